The van der Waals surface area contributed by atoms with Crippen molar-refractivity contribution in [2.45, 2.75) is 26.3 Å². The van der Waals surface area contributed by atoms with Crippen molar-refractivity contribution in [1.29, 1.82) is 0 Å². The summed E-state index contributed by atoms with van der Waals surface area (Å²) in [5.74, 6) is -0.0830. The molecule has 1 aliphatic rings. The van der Waals surface area contributed by atoms with Gasteiger partial charge in [-0.3, -0.25) is 4.79 Å². The lowest BCUT2D eigenvalue weighted by atomic mass is 10.1. The third kappa shape index (κ3) is 3.31. The van der Waals surface area contributed by atoms with Crippen LogP contribution >= 0.6 is 28.3 Å². The molecule has 3 rings (SSSR count). The maximum Gasteiger partial charge on any atom is 0.272 e. The van der Waals surface area contributed by atoms with E-state index >= 15 is 0 Å². The Labute approximate surface area is 144 Å². The van der Waals surface area contributed by atoms with Crippen LogP contribution in [0.25, 0.3) is 0 Å². The fourth-order valence-electron chi connectivity index (χ4n) is 2.63. The molecule has 0 spiro atoms. The molecule has 0 aliphatic carbocycles. The van der Waals surface area contributed by atoms with Crippen LogP contribution in [0.1, 0.15) is 35.9 Å². The molecule has 1 aromatic heterocycles. The summed E-state index contributed by atoms with van der Waals surface area (Å²) >= 11 is 3.44. The van der Waals surface area contributed by atoms with Gasteiger partial charge in [0.15, 0.2) is 0 Å². The Morgan fingerprint density at radius 1 is 1.36 bits per heavy atom. The summed E-state index contributed by atoms with van der Waals surface area (Å²) in [4.78, 5) is 12.5. The van der Waals surface area contributed by atoms with Crippen LogP contribution in [-0.4, -0.2) is 17.0 Å². The average molecular weight is 385 g/mol. The van der Waals surface area contributed by atoms with Gasteiger partial charge in [0.25, 0.3) is 5.91 Å². The largest absolute Gasteiger partial charge is 0.384 e. The van der Waals surface area contributed by atoms with Crippen molar-refractivity contribution in [3.63, 3.8) is 0 Å². The second kappa shape index (κ2) is 6.75. The Hall–Kier alpha value is -1.46. The van der Waals surface area contributed by atoms with Crippen LogP contribution < -0.4 is 10.6 Å². The topological polar surface area (TPSA) is 46.1 Å². The number of rotatable bonds is 3. The van der Waals surface area contributed by atoms with Crippen LogP contribution in [0.5, 0.6) is 0 Å². The highest BCUT2D eigenvalue weighted by Crippen LogP contribution is 2.26. The van der Waals surface area contributed by atoms with Gasteiger partial charge in [-0.15, -0.1) is 12.4 Å². The van der Waals surface area contributed by atoms with Crippen LogP contribution in [0.2, 0.25) is 0 Å². The maximum absolute atomic E-state index is 12.5. The first-order valence-electron chi connectivity index (χ1n) is 7.10. The molecular weight excluding hydrogens is 366 g/mol. The zero-order valence-corrected chi connectivity index (χ0v) is 14.9. The van der Waals surface area contributed by atoms with Crippen molar-refractivity contribution in [1.82, 2.24) is 4.57 Å². The van der Waals surface area contributed by atoms with E-state index in [9.17, 15) is 4.79 Å². The highest BCUT2D eigenvalue weighted by atomic mass is 79.9. The Morgan fingerprint density at radius 2 is 2.14 bits per heavy atom. The third-order valence-corrected chi connectivity index (χ3v) is 4.11. The van der Waals surface area contributed by atoms with E-state index in [4.69, 9.17) is 0 Å². The lowest BCUT2D eigenvalue weighted by molar-refractivity contribution is 0.101. The fourth-order valence-corrected chi connectivity index (χ4v) is 3.07. The fraction of sp³-hybridized carbons (Fsp3) is 0.312. The van der Waals surface area contributed by atoms with Gasteiger partial charge in [-0.05, 0) is 66.0 Å². The van der Waals surface area contributed by atoms with Gasteiger partial charge < -0.3 is 15.2 Å². The summed E-state index contributed by atoms with van der Waals surface area (Å²) in [7, 11) is 0. The van der Waals surface area contributed by atoms with Crippen molar-refractivity contribution in [2.75, 3.05) is 17.2 Å². The lowest BCUT2D eigenvalue weighted by Crippen LogP contribution is -2.17. The van der Waals surface area contributed by atoms with Gasteiger partial charge in [0.2, 0.25) is 0 Å². The number of halogens is 2. The van der Waals surface area contributed by atoms with E-state index in [1.165, 1.54) is 11.3 Å². The van der Waals surface area contributed by atoms with Gasteiger partial charge in [-0.2, -0.15) is 0 Å². The minimum atomic E-state index is -0.0830. The van der Waals surface area contributed by atoms with Gasteiger partial charge in [-0.25, -0.2) is 0 Å². The summed E-state index contributed by atoms with van der Waals surface area (Å²) in [5, 5.41) is 6.30. The van der Waals surface area contributed by atoms with Crippen molar-refractivity contribution in [2.24, 2.45) is 0 Å². The molecule has 118 valence electrons. The number of amides is 1. The van der Waals surface area contributed by atoms with E-state index in [0.717, 1.165) is 23.1 Å². The second-order valence-corrected chi connectivity index (χ2v) is 6.46. The van der Waals surface area contributed by atoms with Crippen LogP contribution in [0, 0.1) is 0 Å². The smallest absolute Gasteiger partial charge is 0.272 e. The SMILES string of the molecule is CC(C)n1cc(Br)cc1C(=O)Nc1ccc2c(c1)CCN2.Cl. The quantitative estimate of drug-likeness (QED) is 0.820. The van der Waals surface area contributed by atoms with Gasteiger partial charge in [-0.1, -0.05) is 0 Å². The molecule has 2 N–H and O–H groups in total. The molecule has 4 nitrogen and oxygen atoms in total. The van der Waals surface area contributed by atoms with E-state index in [2.05, 4.69) is 40.4 Å². The molecule has 2 heterocycles. The van der Waals surface area contributed by atoms with E-state index < -0.39 is 0 Å². The molecule has 0 unspecified atom stereocenters. The lowest BCUT2D eigenvalue weighted by Gasteiger charge is -2.13. The number of carbonyl (C=O) groups is 1. The number of carbonyl (C=O) groups excluding carboxylic acids is 1. The van der Waals surface area contributed by atoms with Crippen LogP contribution in [0.4, 0.5) is 11.4 Å². The zero-order chi connectivity index (χ0) is 15.0. The number of hydrogen-bond donors (Lipinski definition) is 2. The molecule has 0 atom stereocenters. The number of nitrogens with one attached hydrogen (secondary N) is 2. The van der Waals surface area contributed by atoms with Gasteiger partial charge in [0.05, 0.1) is 0 Å². The molecule has 1 aliphatic heterocycles. The molecule has 0 bridgehead atoms. The van der Waals surface area contributed by atoms with Crippen molar-refractivity contribution in [3.05, 3.63) is 46.2 Å². The Morgan fingerprint density at radius 3 is 2.86 bits per heavy atom. The molecule has 0 fully saturated rings. The molecular formula is C16H19BrClN3O. The van der Waals surface area contributed by atoms with Crippen molar-refractivity contribution < 1.29 is 4.79 Å². The summed E-state index contributed by atoms with van der Waals surface area (Å²) in [6, 6.07) is 8.10. The Bertz CT molecular complexity index is 697. The standard InChI is InChI=1S/C16H18BrN3O.ClH/c1-10(2)20-9-12(17)8-15(20)16(21)19-13-3-4-14-11(7-13)5-6-18-14;/h3-4,7-10,18H,5-6H2,1-2H3,(H,19,21);1H. The molecule has 0 radical (unpaired) electrons. The molecule has 6 heteroatoms. The van der Waals surface area contributed by atoms with E-state index in [-0.39, 0.29) is 24.4 Å². The van der Waals surface area contributed by atoms with E-state index in [1.54, 1.807) is 0 Å². The summed E-state index contributed by atoms with van der Waals surface area (Å²) in [6.07, 6.45) is 2.94. The molecule has 2 aromatic rings. The first-order chi connectivity index (χ1) is 10.0. The molecule has 22 heavy (non-hydrogen) atoms. The average Bonchev–Trinajstić information content (AvgIpc) is 3.04. The zero-order valence-electron chi connectivity index (χ0n) is 12.5. The Balaban J connectivity index is 0.00000176. The minimum Gasteiger partial charge on any atom is -0.384 e. The highest BCUT2D eigenvalue weighted by Gasteiger charge is 2.16. The first-order valence-corrected chi connectivity index (χ1v) is 7.89. The predicted molar refractivity (Wildman–Crippen MR) is 96.4 cm³/mol. The molecule has 1 amide bonds. The van der Waals surface area contributed by atoms with Gasteiger partial charge in [0.1, 0.15) is 5.69 Å². The number of anilines is 2. The monoisotopic (exact) mass is 383 g/mol. The number of fused-ring (bicyclic) bond motifs is 1. The normalized spacial score (nSPS) is 12.5. The van der Waals surface area contributed by atoms with Gasteiger partial charge >= 0.3 is 0 Å². The van der Waals surface area contributed by atoms with Crippen LogP contribution in [0.15, 0.2) is 34.9 Å². The molecule has 0 saturated carbocycles. The number of aromatic nitrogens is 1. The van der Waals surface area contributed by atoms with E-state index in [1.807, 2.05) is 35.0 Å². The highest BCUT2D eigenvalue weighted by molar-refractivity contribution is 9.10. The van der Waals surface area contributed by atoms with Gasteiger partial charge in [0, 0.05) is 34.6 Å². The molecule has 1 aromatic carbocycles. The van der Waals surface area contributed by atoms with E-state index in [0.29, 0.717) is 5.69 Å². The number of benzene rings is 1. The third-order valence-electron chi connectivity index (χ3n) is 3.68. The van der Waals surface area contributed by atoms with Crippen molar-refractivity contribution >= 4 is 45.6 Å². The number of nitrogens with zero attached hydrogens (tertiary/aromatic N) is 1. The minimum absolute atomic E-state index is 0. The number of hydrogen-bond acceptors (Lipinski definition) is 2. The summed E-state index contributed by atoms with van der Waals surface area (Å²) in [5.41, 5.74) is 3.93. The van der Waals surface area contributed by atoms with Crippen molar-refractivity contribution in [3.8, 4) is 0 Å². The summed E-state index contributed by atoms with van der Waals surface area (Å²) < 4.78 is 2.88. The second-order valence-electron chi connectivity index (χ2n) is 5.55. The maximum atomic E-state index is 12.5. The van der Waals surface area contributed by atoms with Crippen LogP contribution in [0.3, 0.4) is 0 Å². The van der Waals surface area contributed by atoms with Crippen LogP contribution in [-0.2, 0) is 6.42 Å². The Kier molecular flexibility index (Phi) is 5.19. The first kappa shape index (κ1) is 16.9. The summed E-state index contributed by atoms with van der Waals surface area (Å²) in [6.45, 7) is 5.09. The molecule has 0 saturated heterocycles. The predicted octanol–water partition coefficient (Wildman–Crippen LogP) is 4.47.